The number of carbonyl (C=O) groups excluding carboxylic acids is 1. The molecule has 0 aliphatic carbocycles. The van der Waals surface area contributed by atoms with Gasteiger partial charge in [0, 0.05) is 31.7 Å². The number of ether oxygens (including phenoxy) is 2. The van der Waals surface area contributed by atoms with E-state index in [1.807, 2.05) is 17.0 Å². The van der Waals surface area contributed by atoms with Gasteiger partial charge in [0.05, 0.1) is 7.11 Å². The van der Waals surface area contributed by atoms with E-state index in [9.17, 15) is 9.18 Å². The lowest BCUT2D eigenvalue weighted by Crippen LogP contribution is -2.58. The molecule has 0 unspecified atom stereocenters. The normalized spacial score (nSPS) is 20.1. The van der Waals surface area contributed by atoms with Gasteiger partial charge < -0.3 is 14.4 Å². The fraction of sp³-hybridized carbons (Fsp3) is 0.409. The molecular formula is C22H27FN2O3. The summed E-state index contributed by atoms with van der Waals surface area (Å²) < 4.78 is 23.9. The fourth-order valence-electron chi connectivity index (χ4n) is 3.49. The van der Waals surface area contributed by atoms with Crippen molar-refractivity contribution in [3.05, 3.63) is 59.9 Å². The molecule has 1 heterocycles. The first-order chi connectivity index (χ1) is 13.5. The summed E-state index contributed by atoms with van der Waals surface area (Å²) in [6, 6.07) is 14.1. The molecule has 0 N–H and O–H groups in total. The molecule has 2 atom stereocenters. The number of rotatable bonds is 6. The predicted molar refractivity (Wildman–Crippen MR) is 106 cm³/mol. The Morgan fingerprint density at radius 3 is 2.29 bits per heavy atom. The zero-order valence-corrected chi connectivity index (χ0v) is 16.6. The summed E-state index contributed by atoms with van der Waals surface area (Å²) in [7, 11) is 1.61. The Kier molecular flexibility index (Phi) is 6.52. The van der Waals surface area contributed by atoms with Crippen molar-refractivity contribution in [3.63, 3.8) is 0 Å². The van der Waals surface area contributed by atoms with E-state index in [0.717, 1.165) is 24.4 Å². The van der Waals surface area contributed by atoms with Gasteiger partial charge in [-0.1, -0.05) is 12.1 Å². The van der Waals surface area contributed by atoms with Gasteiger partial charge >= 0.3 is 0 Å². The topological polar surface area (TPSA) is 42.0 Å². The van der Waals surface area contributed by atoms with Crippen LogP contribution in [0.1, 0.15) is 19.4 Å². The Hall–Kier alpha value is -2.60. The van der Waals surface area contributed by atoms with Crippen molar-refractivity contribution in [2.75, 3.05) is 26.8 Å². The molecule has 2 aromatic rings. The Morgan fingerprint density at radius 2 is 1.64 bits per heavy atom. The second-order valence-electron chi connectivity index (χ2n) is 7.26. The van der Waals surface area contributed by atoms with Crippen LogP contribution >= 0.6 is 0 Å². The van der Waals surface area contributed by atoms with Crippen LogP contribution in [-0.4, -0.2) is 54.6 Å². The van der Waals surface area contributed by atoms with Crippen LogP contribution in [0.25, 0.3) is 0 Å². The molecule has 6 heteroatoms. The van der Waals surface area contributed by atoms with Crippen molar-refractivity contribution in [1.82, 2.24) is 9.80 Å². The minimum atomic E-state index is -0.225. The molecular weight excluding hydrogens is 359 g/mol. The Balaban J connectivity index is 1.53. The second-order valence-corrected chi connectivity index (χ2v) is 7.26. The Morgan fingerprint density at radius 1 is 1.00 bits per heavy atom. The summed E-state index contributed by atoms with van der Waals surface area (Å²) in [4.78, 5) is 16.9. The maximum Gasteiger partial charge on any atom is 0.260 e. The third-order valence-electron chi connectivity index (χ3n) is 5.16. The number of piperazine rings is 1. The molecule has 150 valence electrons. The van der Waals surface area contributed by atoms with E-state index >= 15 is 0 Å². The van der Waals surface area contributed by atoms with Crippen molar-refractivity contribution in [2.24, 2.45) is 0 Å². The zero-order valence-electron chi connectivity index (χ0n) is 16.6. The van der Waals surface area contributed by atoms with Crippen molar-refractivity contribution in [1.29, 1.82) is 0 Å². The van der Waals surface area contributed by atoms with Crippen molar-refractivity contribution in [3.8, 4) is 11.5 Å². The molecule has 1 aliphatic rings. The number of carbonyl (C=O) groups is 1. The summed E-state index contributed by atoms with van der Waals surface area (Å²) >= 11 is 0. The number of halogens is 1. The highest BCUT2D eigenvalue weighted by Gasteiger charge is 2.32. The van der Waals surface area contributed by atoms with Crippen LogP contribution in [0.3, 0.4) is 0 Å². The van der Waals surface area contributed by atoms with Crippen molar-refractivity contribution < 1.29 is 18.7 Å². The lowest BCUT2D eigenvalue weighted by Gasteiger charge is -2.44. The molecule has 5 nitrogen and oxygen atoms in total. The quantitative estimate of drug-likeness (QED) is 0.764. The summed E-state index contributed by atoms with van der Waals surface area (Å²) in [5, 5.41) is 0. The third kappa shape index (κ3) is 5.01. The highest BCUT2D eigenvalue weighted by Crippen LogP contribution is 2.20. The molecule has 0 saturated carbocycles. The number of methoxy groups -OCH3 is 1. The van der Waals surface area contributed by atoms with E-state index in [2.05, 4.69) is 18.7 Å². The van der Waals surface area contributed by atoms with Gasteiger partial charge in [0.2, 0.25) is 0 Å². The highest BCUT2D eigenvalue weighted by atomic mass is 19.1. The second kappa shape index (κ2) is 9.06. The summed E-state index contributed by atoms with van der Waals surface area (Å²) in [6.07, 6.45) is 0. The fourth-order valence-corrected chi connectivity index (χ4v) is 3.49. The van der Waals surface area contributed by atoms with Gasteiger partial charge in [0.25, 0.3) is 5.91 Å². The van der Waals surface area contributed by atoms with E-state index in [0.29, 0.717) is 12.3 Å². The van der Waals surface area contributed by atoms with Gasteiger partial charge in [0.15, 0.2) is 6.61 Å². The van der Waals surface area contributed by atoms with Crippen LogP contribution in [0.15, 0.2) is 48.5 Å². The Labute approximate surface area is 165 Å². The molecule has 0 aromatic heterocycles. The monoisotopic (exact) mass is 386 g/mol. The van der Waals surface area contributed by atoms with Crippen LogP contribution < -0.4 is 9.47 Å². The van der Waals surface area contributed by atoms with Crippen molar-refractivity contribution >= 4 is 5.91 Å². The lowest BCUT2D eigenvalue weighted by molar-refractivity contribution is -0.139. The van der Waals surface area contributed by atoms with Crippen LogP contribution in [0, 0.1) is 5.82 Å². The number of hydrogen-bond acceptors (Lipinski definition) is 4. The molecule has 2 aromatic carbocycles. The van der Waals surface area contributed by atoms with E-state index in [4.69, 9.17) is 9.47 Å². The molecule has 1 saturated heterocycles. The molecule has 1 amide bonds. The van der Waals surface area contributed by atoms with Crippen LogP contribution in [0.4, 0.5) is 4.39 Å². The molecule has 0 bridgehead atoms. The highest BCUT2D eigenvalue weighted by molar-refractivity contribution is 5.78. The standard InChI is InChI=1S/C22H27FN2O3/c1-16-13-25(22(26)15-28-21-10-8-20(27-3)9-11-21)17(2)12-24(16)14-18-4-6-19(23)7-5-18/h4-11,16-17H,12-15H2,1-3H3/t16-,17+/m0/s1. The first kappa shape index (κ1) is 20.1. The third-order valence-corrected chi connectivity index (χ3v) is 5.16. The average Bonchev–Trinajstić information content (AvgIpc) is 2.70. The summed E-state index contributed by atoms with van der Waals surface area (Å²) in [5.74, 6) is 1.15. The summed E-state index contributed by atoms with van der Waals surface area (Å²) in [6.45, 7) is 6.34. The number of amides is 1. The van der Waals surface area contributed by atoms with Crippen LogP contribution in [0.2, 0.25) is 0 Å². The van der Waals surface area contributed by atoms with Gasteiger partial charge in [-0.05, 0) is 55.8 Å². The molecule has 3 rings (SSSR count). The van der Waals surface area contributed by atoms with Crippen molar-refractivity contribution in [2.45, 2.75) is 32.5 Å². The van der Waals surface area contributed by atoms with Gasteiger partial charge in [-0.25, -0.2) is 4.39 Å². The predicted octanol–water partition coefficient (Wildman–Crippen LogP) is 3.33. The average molecular weight is 386 g/mol. The van der Waals surface area contributed by atoms with Gasteiger partial charge in [-0.2, -0.15) is 0 Å². The van der Waals surface area contributed by atoms with Gasteiger partial charge in [0.1, 0.15) is 17.3 Å². The van der Waals surface area contributed by atoms with E-state index in [-0.39, 0.29) is 30.4 Å². The van der Waals surface area contributed by atoms with E-state index in [1.165, 1.54) is 12.1 Å². The first-order valence-electron chi connectivity index (χ1n) is 9.51. The smallest absolute Gasteiger partial charge is 0.260 e. The maximum atomic E-state index is 13.1. The molecule has 1 fully saturated rings. The zero-order chi connectivity index (χ0) is 20.1. The van der Waals surface area contributed by atoms with Gasteiger partial charge in [-0.3, -0.25) is 9.69 Å². The van der Waals surface area contributed by atoms with Gasteiger partial charge in [-0.15, -0.1) is 0 Å². The Bertz CT molecular complexity index is 779. The van der Waals surface area contributed by atoms with Crippen LogP contribution in [0.5, 0.6) is 11.5 Å². The minimum absolute atomic E-state index is 0.0152. The van der Waals surface area contributed by atoms with E-state index < -0.39 is 0 Å². The molecule has 0 spiro atoms. The number of hydrogen-bond donors (Lipinski definition) is 0. The summed E-state index contributed by atoms with van der Waals surface area (Å²) in [5.41, 5.74) is 1.07. The van der Waals surface area contributed by atoms with Crippen LogP contribution in [-0.2, 0) is 11.3 Å². The largest absolute Gasteiger partial charge is 0.497 e. The first-order valence-corrected chi connectivity index (χ1v) is 9.51. The molecule has 1 aliphatic heterocycles. The number of benzene rings is 2. The lowest BCUT2D eigenvalue weighted by atomic mass is 10.1. The minimum Gasteiger partial charge on any atom is -0.497 e. The maximum absolute atomic E-state index is 13.1. The number of nitrogens with zero attached hydrogens (tertiary/aromatic N) is 2. The molecule has 0 radical (unpaired) electrons. The SMILES string of the molecule is COc1ccc(OCC(=O)N2C[C@H](C)N(Cc3ccc(F)cc3)C[C@H]2C)cc1. The van der Waals surface area contributed by atoms with E-state index in [1.54, 1.807) is 31.4 Å². The molecule has 28 heavy (non-hydrogen) atoms.